The van der Waals surface area contributed by atoms with Gasteiger partial charge in [-0.1, -0.05) is 54.6 Å². The first-order valence-corrected chi connectivity index (χ1v) is 7.58. The molecule has 122 valence electrons. The number of rotatable bonds is 7. The third-order valence-corrected chi connectivity index (χ3v) is 3.38. The lowest BCUT2D eigenvalue weighted by atomic mass is 10.2. The quantitative estimate of drug-likeness (QED) is 0.364. The van der Waals surface area contributed by atoms with Gasteiger partial charge in [-0.05, 0) is 36.4 Å². The molecule has 0 bridgehead atoms. The SMILES string of the molecule is COC(OOc1ccccc1)(Oc1ccccc1)c1ccccc1. The molecule has 24 heavy (non-hydrogen) atoms. The van der Waals surface area contributed by atoms with Crippen LogP contribution in [0.3, 0.4) is 0 Å². The Morgan fingerprint density at radius 1 is 0.625 bits per heavy atom. The van der Waals surface area contributed by atoms with E-state index in [0.29, 0.717) is 17.1 Å². The van der Waals surface area contributed by atoms with Crippen molar-refractivity contribution in [3.05, 3.63) is 96.6 Å². The molecule has 0 aliphatic rings. The number of hydrogen-bond donors (Lipinski definition) is 0. The highest BCUT2D eigenvalue weighted by molar-refractivity contribution is 5.25. The Labute approximate surface area is 141 Å². The van der Waals surface area contributed by atoms with Crippen LogP contribution in [0.15, 0.2) is 91.0 Å². The molecule has 1 atom stereocenters. The molecular weight excluding hydrogens is 304 g/mol. The first-order chi connectivity index (χ1) is 11.8. The van der Waals surface area contributed by atoms with E-state index in [2.05, 4.69) is 0 Å². The number of benzene rings is 3. The van der Waals surface area contributed by atoms with E-state index in [9.17, 15) is 0 Å². The van der Waals surface area contributed by atoms with Crippen molar-refractivity contribution in [1.82, 2.24) is 0 Å². The molecule has 0 saturated carbocycles. The highest BCUT2D eigenvalue weighted by atomic mass is 17.3. The van der Waals surface area contributed by atoms with Crippen LogP contribution in [0.4, 0.5) is 0 Å². The summed E-state index contributed by atoms with van der Waals surface area (Å²) >= 11 is 0. The third kappa shape index (κ3) is 3.74. The van der Waals surface area contributed by atoms with Gasteiger partial charge in [0, 0.05) is 7.11 Å². The Kier molecular flexibility index (Phi) is 5.11. The van der Waals surface area contributed by atoms with E-state index in [1.54, 1.807) is 12.1 Å². The fraction of sp³-hybridized carbons (Fsp3) is 0.100. The molecule has 0 saturated heterocycles. The molecule has 1 unspecified atom stereocenters. The van der Waals surface area contributed by atoms with Gasteiger partial charge >= 0.3 is 5.97 Å². The van der Waals surface area contributed by atoms with Crippen molar-refractivity contribution >= 4 is 0 Å². The minimum absolute atomic E-state index is 0.548. The molecule has 0 aromatic heterocycles. The Balaban J connectivity index is 1.90. The van der Waals surface area contributed by atoms with Crippen LogP contribution in [0.1, 0.15) is 5.56 Å². The first kappa shape index (κ1) is 16.1. The molecule has 4 nitrogen and oxygen atoms in total. The van der Waals surface area contributed by atoms with Crippen molar-refractivity contribution < 1.29 is 19.2 Å². The molecule has 3 rings (SSSR count). The summed E-state index contributed by atoms with van der Waals surface area (Å²) in [7, 11) is 1.50. The number of ether oxygens (including phenoxy) is 2. The predicted octanol–water partition coefficient (Wildman–Crippen LogP) is 4.53. The van der Waals surface area contributed by atoms with Gasteiger partial charge in [0.25, 0.3) is 0 Å². The summed E-state index contributed by atoms with van der Waals surface area (Å²) in [5, 5.41) is 0. The second-order valence-corrected chi connectivity index (χ2v) is 5.02. The third-order valence-electron chi connectivity index (χ3n) is 3.38. The van der Waals surface area contributed by atoms with Crippen molar-refractivity contribution in [2.24, 2.45) is 0 Å². The minimum atomic E-state index is -1.53. The summed E-state index contributed by atoms with van der Waals surface area (Å²) < 4.78 is 11.6. The van der Waals surface area contributed by atoms with Gasteiger partial charge in [-0.25, -0.2) is 0 Å². The fourth-order valence-corrected chi connectivity index (χ4v) is 2.18. The van der Waals surface area contributed by atoms with Gasteiger partial charge in [0.15, 0.2) is 5.75 Å². The summed E-state index contributed by atoms with van der Waals surface area (Å²) in [6.07, 6.45) is 0. The van der Waals surface area contributed by atoms with Crippen LogP contribution in [-0.4, -0.2) is 7.11 Å². The second-order valence-electron chi connectivity index (χ2n) is 5.02. The number of hydrogen-bond acceptors (Lipinski definition) is 4. The molecule has 0 aliphatic carbocycles. The molecule has 0 amide bonds. The van der Waals surface area contributed by atoms with E-state index in [0.717, 1.165) is 0 Å². The lowest BCUT2D eigenvalue weighted by molar-refractivity contribution is -0.456. The second kappa shape index (κ2) is 7.64. The molecule has 0 heterocycles. The Bertz CT molecular complexity index is 731. The highest BCUT2D eigenvalue weighted by Crippen LogP contribution is 2.31. The fourth-order valence-electron chi connectivity index (χ4n) is 2.18. The average molecular weight is 322 g/mol. The standard InChI is InChI=1S/C20H18O4/c1-21-20(17-11-5-2-6-12-17,22-18-13-7-3-8-14-18)24-23-19-15-9-4-10-16-19/h2-16H,1H3. The van der Waals surface area contributed by atoms with Crippen molar-refractivity contribution in [3.63, 3.8) is 0 Å². The zero-order valence-corrected chi connectivity index (χ0v) is 13.3. The smallest absolute Gasteiger partial charge is 0.393 e. The van der Waals surface area contributed by atoms with E-state index in [1.807, 2.05) is 78.9 Å². The molecule has 0 aliphatic heterocycles. The molecule has 0 spiro atoms. The number of methoxy groups -OCH3 is 1. The summed E-state index contributed by atoms with van der Waals surface area (Å²) in [5.74, 6) is -0.385. The maximum absolute atomic E-state index is 5.99. The molecular formula is C20H18O4. The molecule has 3 aromatic carbocycles. The van der Waals surface area contributed by atoms with Gasteiger partial charge in [0.1, 0.15) is 5.75 Å². The lowest BCUT2D eigenvalue weighted by Crippen LogP contribution is -2.39. The molecule has 3 aromatic rings. The first-order valence-electron chi connectivity index (χ1n) is 7.58. The Hall–Kier alpha value is -2.82. The van der Waals surface area contributed by atoms with Crippen molar-refractivity contribution in [2.45, 2.75) is 5.97 Å². The van der Waals surface area contributed by atoms with Crippen molar-refractivity contribution in [1.29, 1.82) is 0 Å². The monoisotopic (exact) mass is 322 g/mol. The van der Waals surface area contributed by atoms with Gasteiger partial charge in [-0.15, -0.1) is 4.89 Å². The summed E-state index contributed by atoms with van der Waals surface area (Å²) in [5.41, 5.74) is 0.673. The lowest BCUT2D eigenvalue weighted by Gasteiger charge is -2.30. The molecule has 0 N–H and O–H groups in total. The van der Waals surface area contributed by atoms with Crippen LogP contribution in [0.5, 0.6) is 11.5 Å². The summed E-state index contributed by atoms with van der Waals surface area (Å²) in [4.78, 5) is 11.0. The van der Waals surface area contributed by atoms with Crippen molar-refractivity contribution in [3.8, 4) is 11.5 Å². The van der Waals surface area contributed by atoms with E-state index in [1.165, 1.54) is 7.11 Å². The maximum Gasteiger partial charge on any atom is 0.393 e. The molecule has 0 radical (unpaired) electrons. The van der Waals surface area contributed by atoms with Gasteiger partial charge in [-0.2, -0.15) is 0 Å². The predicted molar refractivity (Wildman–Crippen MR) is 90.4 cm³/mol. The van der Waals surface area contributed by atoms with Gasteiger partial charge in [0.05, 0.1) is 5.56 Å². The number of para-hydroxylation sites is 2. The van der Waals surface area contributed by atoms with Gasteiger partial charge in [0.2, 0.25) is 0 Å². The normalized spacial score (nSPS) is 13.0. The van der Waals surface area contributed by atoms with E-state index < -0.39 is 5.97 Å². The topological polar surface area (TPSA) is 36.9 Å². The summed E-state index contributed by atoms with van der Waals surface area (Å²) in [6.45, 7) is 0. The highest BCUT2D eigenvalue weighted by Gasteiger charge is 2.39. The minimum Gasteiger partial charge on any atom is -0.433 e. The summed E-state index contributed by atoms with van der Waals surface area (Å²) in [6, 6.07) is 27.8. The van der Waals surface area contributed by atoms with Crippen LogP contribution < -0.4 is 9.62 Å². The average Bonchev–Trinajstić information content (AvgIpc) is 2.67. The Morgan fingerprint density at radius 2 is 1.12 bits per heavy atom. The molecule has 0 fully saturated rings. The van der Waals surface area contributed by atoms with E-state index in [4.69, 9.17) is 19.2 Å². The van der Waals surface area contributed by atoms with Crippen LogP contribution in [-0.2, 0) is 15.6 Å². The van der Waals surface area contributed by atoms with Gasteiger partial charge in [-0.3, -0.25) is 0 Å². The van der Waals surface area contributed by atoms with Crippen LogP contribution in [0, 0.1) is 0 Å². The van der Waals surface area contributed by atoms with Crippen LogP contribution in [0.25, 0.3) is 0 Å². The van der Waals surface area contributed by atoms with E-state index >= 15 is 0 Å². The van der Waals surface area contributed by atoms with Gasteiger partial charge < -0.3 is 14.4 Å². The maximum atomic E-state index is 5.99. The van der Waals surface area contributed by atoms with Crippen molar-refractivity contribution in [2.75, 3.05) is 7.11 Å². The zero-order chi connectivity index (χ0) is 16.7. The van der Waals surface area contributed by atoms with E-state index in [-0.39, 0.29) is 0 Å². The Morgan fingerprint density at radius 3 is 1.67 bits per heavy atom. The molecule has 4 heteroatoms. The zero-order valence-electron chi connectivity index (χ0n) is 13.3. The largest absolute Gasteiger partial charge is 0.433 e. The van der Waals surface area contributed by atoms with Crippen LogP contribution >= 0.6 is 0 Å². The van der Waals surface area contributed by atoms with Crippen LogP contribution in [0.2, 0.25) is 0 Å².